The summed E-state index contributed by atoms with van der Waals surface area (Å²) in [5.41, 5.74) is 2.08. The lowest BCUT2D eigenvalue weighted by atomic mass is 9.99. The number of piperidine rings is 1. The Labute approximate surface area is 298 Å². The fourth-order valence-corrected chi connectivity index (χ4v) is 6.22. The van der Waals surface area contributed by atoms with Crippen molar-refractivity contribution in [2.75, 3.05) is 29.4 Å². The highest BCUT2D eigenvalue weighted by Crippen LogP contribution is 2.32. The van der Waals surface area contributed by atoms with Gasteiger partial charge in [0.2, 0.25) is 6.23 Å². The molecule has 1 saturated heterocycles. The zero-order valence-corrected chi connectivity index (χ0v) is 28.8. The number of carbonyl (C=O) groups is 4. The van der Waals surface area contributed by atoms with Gasteiger partial charge in [-0.25, -0.2) is 19.6 Å². The smallest absolute Gasteiger partial charge is 0.417 e. The highest BCUT2D eigenvalue weighted by atomic mass is 16.6. The van der Waals surface area contributed by atoms with Gasteiger partial charge in [-0.1, -0.05) is 117 Å². The molecule has 0 aromatic heterocycles. The quantitative estimate of drug-likeness (QED) is 0.134. The molecule has 0 radical (unpaired) electrons. The number of hydrogen-bond acceptors (Lipinski definition) is 7. The van der Waals surface area contributed by atoms with Crippen LogP contribution >= 0.6 is 0 Å². The molecule has 0 unspecified atom stereocenters. The summed E-state index contributed by atoms with van der Waals surface area (Å²) in [4.78, 5) is 57.0. The summed E-state index contributed by atoms with van der Waals surface area (Å²) in [7, 11) is 0. The van der Waals surface area contributed by atoms with Gasteiger partial charge in [-0.2, -0.15) is 0 Å². The third kappa shape index (κ3) is 9.95. The predicted octanol–water partition coefficient (Wildman–Crippen LogP) is 7.65. The minimum Gasteiger partial charge on any atom is -0.480 e. The molecule has 4 aromatic rings. The number of hydrazine groups is 1. The van der Waals surface area contributed by atoms with Crippen LogP contribution in [0.25, 0.3) is 0 Å². The Kier molecular flexibility index (Phi) is 13.2. The molecule has 0 saturated carbocycles. The van der Waals surface area contributed by atoms with Crippen molar-refractivity contribution in [3.05, 3.63) is 132 Å². The topological polar surface area (TPSA) is 120 Å². The van der Waals surface area contributed by atoms with Gasteiger partial charge in [-0.05, 0) is 49.1 Å². The van der Waals surface area contributed by atoms with E-state index in [-0.39, 0.29) is 12.6 Å². The molecule has 2 atom stereocenters. The lowest BCUT2D eigenvalue weighted by Crippen LogP contribution is -2.58. The summed E-state index contributed by atoms with van der Waals surface area (Å²) in [6.07, 6.45) is 1.30. The maximum atomic E-state index is 14.9. The minimum atomic E-state index is -1.29. The first-order valence-electron chi connectivity index (χ1n) is 17.3. The Hall–Kier alpha value is -5.68. The van der Waals surface area contributed by atoms with Gasteiger partial charge < -0.3 is 14.6 Å². The van der Waals surface area contributed by atoms with Crippen LogP contribution in [-0.2, 0) is 25.7 Å². The molecule has 1 heterocycles. The molecule has 1 fully saturated rings. The van der Waals surface area contributed by atoms with Crippen LogP contribution in [0.3, 0.4) is 0 Å². The zero-order chi connectivity index (χ0) is 36.0. The van der Waals surface area contributed by atoms with Gasteiger partial charge in [0.15, 0.2) is 0 Å². The number of carboxylic acid groups (broad SMARTS) is 1. The number of rotatable bonds is 14. The van der Waals surface area contributed by atoms with Crippen molar-refractivity contribution in [3.63, 3.8) is 0 Å². The third-order valence-corrected chi connectivity index (χ3v) is 8.64. The molecular formula is C40H44N4O7. The highest BCUT2D eigenvalue weighted by Gasteiger charge is 2.40. The van der Waals surface area contributed by atoms with E-state index < -0.39 is 43.4 Å². The SMILES string of the molecule is CCC[C@@H]1CCCCN1N(C(=O)CN(C(=O)OCc1ccccc1)c1ccccc1)[C@H](OC(=O)N(CC(=O)O)c1ccccc1)c1ccccc1. The van der Waals surface area contributed by atoms with Crippen molar-refractivity contribution in [3.8, 4) is 0 Å². The molecule has 4 aromatic carbocycles. The summed E-state index contributed by atoms with van der Waals surface area (Å²) in [6, 6.07) is 35.3. The summed E-state index contributed by atoms with van der Waals surface area (Å²) < 4.78 is 11.9. The van der Waals surface area contributed by atoms with Crippen LogP contribution < -0.4 is 9.80 Å². The van der Waals surface area contributed by atoms with Crippen LogP contribution in [0.15, 0.2) is 121 Å². The van der Waals surface area contributed by atoms with Crippen LogP contribution in [0.1, 0.15) is 56.4 Å². The number of benzene rings is 4. The summed E-state index contributed by atoms with van der Waals surface area (Å²) in [5, 5.41) is 13.2. The summed E-state index contributed by atoms with van der Waals surface area (Å²) in [6.45, 7) is 1.52. The molecule has 266 valence electrons. The molecule has 0 spiro atoms. The Bertz CT molecular complexity index is 1710. The number of nitrogens with zero attached hydrogens (tertiary/aromatic N) is 4. The lowest BCUT2D eigenvalue weighted by molar-refractivity contribution is -0.190. The molecule has 3 amide bonds. The van der Waals surface area contributed by atoms with E-state index in [0.717, 1.165) is 42.6 Å². The van der Waals surface area contributed by atoms with E-state index in [1.807, 2.05) is 47.5 Å². The van der Waals surface area contributed by atoms with Crippen LogP contribution in [0.2, 0.25) is 0 Å². The van der Waals surface area contributed by atoms with Gasteiger partial charge in [-0.15, -0.1) is 0 Å². The molecule has 1 N–H and O–H groups in total. The molecule has 1 aliphatic heterocycles. The highest BCUT2D eigenvalue weighted by molar-refractivity contribution is 5.95. The van der Waals surface area contributed by atoms with Gasteiger partial charge in [0.1, 0.15) is 19.7 Å². The van der Waals surface area contributed by atoms with Gasteiger partial charge in [0.25, 0.3) is 5.91 Å². The average Bonchev–Trinajstić information content (AvgIpc) is 3.17. The van der Waals surface area contributed by atoms with Crippen LogP contribution in [0, 0.1) is 0 Å². The minimum absolute atomic E-state index is 0.00869. The molecule has 0 aliphatic carbocycles. The maximum Gasteiger partial charge on any atom is 0.417 e. The lowest BCUT2D eigenvalue weighted by Gasteiger charge is -2.46. The maximum absolute atomic E-state index is 14.9. The number of hydrogen-bond donors (Lipinski definition) is 1. The van der Waals surface area contributed by atoms with E-state index >= 15 is 0 Å². The Morgan fingerprint density at radius 2 is 1.29 bits per heavy atom. The van der Waals surface area contributed by atoms with Gasteiger partial charge in [0, 0.05) is 29.5 Å². The largest absolute Gasteiger partial charge is 0.480 e. The second kappa shape index (κ2) is 18.4. The van der Waals surface area contributed by atoms with Gasteiger partial charge in [-0.3, -0.25) is 19.4 Å². The van der Waals surface area contributed by atoms with Crippen molar-refractivity contribution >= 4 is 35.4 Å². The van der Waals surface area contributed by atoms with Gasteiger partial charge in [0.05, 0.1) is 0 Å². The normalized spacial score (nSPS) is 14.9. The second-order valence-electron chi connectivity index (χ2n) is 12.3. The molecular weight excluding hydrogens is 648 g/mol. The first kappa shape index (κ1) is 36.6. The number of para-hydroxylation sites is 2. The number of carbonyl (C=O) groups excluding carboxylic acids is 3. The summed E-state index contributed by atoms with van der Waals surface area (Å²) in [5.74, 6) is -1.74. The Balaban J connectivity index is 1.54. The van der Waals surface area contributed by atoms with Crippen LogP contribution in [0.4, 0.5) is 21.0 Å². The van der Waals surface area contributed by atoms with E-state index in [1.54, 1.807) is 78.9 Å². The summed E-state index contributed by atoms with van der Waals surface area (Å²) >= 11 is 0. The second-order valence-corrected chi connectivity index (χ2v) is 12.3. The van der Waals surface area contributed by atoms with Crippen molar-refractivity contribution in [2.45, 2.75) is 57.9 Å². The van der Waals surface area contributed by atoms with Crippen molar-refractivity contribution in [1.29, 1.82) is 0 Å². The number of amides is 3. The molecule has 11 nitrogen and oxygen atoms in total. The van der Waals surface area contributed by atoms with Crippen LogP contribution in [0.5, 0.6) is 0 Å². The molecule has 1 aliphatic rings. The molecule has 11 heteroatoms. The van der Waals surface area contributed by atoms with E-state index in [4.69, 9.17) is 9.47 Å². The fraction of sp³-hybridized carbons (Fsp3) is 0.300. The van der Waals surface area contributed by atoms with Gasteiger partial charge >= 0.3 is 18.2 Å². The molecule has 0 bridgehead atoms. The van der Waals surface area contributed by atoms with E-state index in [1.165, 1.54) is 9.91 Å². The van der Waals surface area contributed by atoms with E-state index in [9.17, 15) is 24.3 Å². The Morgan fingerprint density at radius 3 is 1.86 bits per heavy atom. The van der Waals surface area contributed by atoms with E-state index in [0.29, 0.717) is 23.5 Å². The number of carboxylic acids is 1. The number of anilines is 2. The molecule has 51 heavy (non-hydrogen) atoms. The van der Waals surface area contributed by atoms with Crippen molar-refractivity contribution < 1.29 is 33.8 Å². The standard InChI is InChI=1S/C40H44N4O7/c1-2-17-35-26-15-16-27-43(35)44(36(45)28-41(33-22-11-5-12-23-33)39(48)50-30-31-18-7-3-8-19-31)38(32-20-9-4-10-21-32)51-40(49)42(29-37(46)47)34-24-13-6-14-25-34/h3-14,18-25,35,38H,2,15-17,26-30H2,1H3,(H,46,47)/t35-,38-/m1/s1. The first-order valence-corrected chi connectivity index (χ1v) is 17.3. The Morgan fingerprint density at radius 1 is 0.745 bits per heavy atom. The number of ether oxygens (including phenoxy) is 2. The molecule has 5 rings (SSSR count). The van der Waals surface area contributed by atoms with Crippen molar-refractivity contribution in [2.24, 2.45) is 0 Å². The van der Waals surface area contributed by atoms with Crippen LogP contribution in [-0.4, -0.2) is 64.9 Å². The first-order chi connectivity index (χ1) is 24.9. The average molecular weight is 693 g/mol. The zero-order valence-electron chi connectivity index (χ0n) is 28.8. The monoisotopic (exact) mass is 692 g/mol. The van der Waals surface area contributed by atoms with Crippen molar-refractivity contribution in [1.82, 2.24) is 10.0 Å². The third-order valence-electron chi connectivity index (χ3n) is 8.64. The number of aliphatic carboxylic acids is 1. The fourth-order valence-electron chi connectivity index (χ4n) is 6.22. The predicted molar refractivity (Wildman–Crippen MR) is 194 cm³/mol. The van der Waals surface area contributed by atoms with E-state index in [2.05, 4.69) is 6.92 Å².